The van der Waals surface area contributed by atoms with Crippen LogP contribution in [0.15, 0.2) is 48.8 Å². The average Bonchev–Trinajstić information content (AvgIpc) is 3.08. The molecule has 4 aromatic rings. The molecule has 1 aromatic carbocycles. The number of methoxy groups -OCH3 is 2. The minimum atomic E-state index is 0.423. The van der Waals surface area contributed by atoms with Crippen molar-refractivity contribution in [1.82, 2.24) is 24.7 Å². The molecule has 0 spiro atoms. The van der Waals surface area contributed by atoms with Gasteiger partial charge in [0.15, 0.2) is 17.3 Å². The Bertz CT molecular complexity index is 1240. The summed E-state index contributed by atoms with van der Waals surface area (Å²) in [7, 11) is 3.18. The monoisotopic (exact) mass is 451 g/mol. The van der Waals surface area contributed by atoms with E-state index in [4.69, 9.17) is 21.1 Å². The molecule has 10 heteroatoms. The van der Waals surface area contributed by atoms with Crippen molar-refractivity contribution in [3.8, 4) is 17.3 Å². The molecule has 0 aliphatic heterocycles. The van der Waals surface area contributed by atoms with Crippen molar-refractivity contribution in [1.29, 1.82) is 0 Å². The molecule has 0 aliphatic carbocycles. The number of pyridine rings is 1. The summed E-state index contributed by atoms with van der Waals surface area (Å²) in [4.78, 5) is 13.3. The predicted octanol–water partition coefficient (Wildman–Crippen LogP) is 4.83. The molecule has 4 rings (SSSR count). The summed E-state index contributed by atoms with van der Waals surface area (Å²) in [5, 5.41) is 11.7. The lowest BCUT2D eigenvalue weighted by molar-refractivity contribution is 0.355. The van der Waals surface area contributed by atoms with E-state index in [1.165, 1.54) is 0 Å². The van der Waals surface area contributed by atoms with E-state index in [1.54, 1.807) is 43.4 Å². The number of anilines is 4. The van der Waals surface area contributed by atoms with Crippen LogP contribution < -0.4 is 20.1 Å². The van der Waals surface area contributed by atoms with Crippen LogP contribution in [0.2, 0.25) is 5.02 Å². The quantitative estimate of drug-likeness (QED) is 0.412. The smallest absolute Gasteiger partial charge is 0.229 e. The molecule has 164 valence electrons. The number of nitrogens with zero attached hydrogens (tertiary/aromatic N) is 5. The molecule has 0 bridgehead atoms. The maximum atomic E-state index is 5.98. The Morgan fingerprint density at radius 1 is 0.938 bits per heavy atom. The zero-order chi connectivity index (χ0) is 22.7. The molecule has 0 unspecified atom stereocenters. The zero-order valence-corrected chi connectivity index (χ0v) is 18.8. The highest BCUT2D eigenvalue weighted by molar-refractivity contribution is 6.30. The maximum absolute atomic E-state index is 5.98. The molecule has 2 N–H and O–H groups in total. The molecule has 3 aromatic heterocycles. The number of aryl methyl sites for hydroxylation is 1. The predicted molar refractivity (Wildman–Crippen MR) is 124 cm³/mol. The average molecular weight is 452 g/mol. The molecular weight excluding hydrogens is 430 g/mol. The van der Waals surface area contributed by atoms with Gasteiger partial charge in [-0.15, -0.1) is 0 Å². The van der Waals surface area contributed by atoms with E-state index in [1.807, 2.05) is 38.1 Å². The number of aromatic nitrogens is 5. The van der Waals surface area contributed by atoms with Crippen LogP contribution >= 0.6 is 11.6 Å². The van der Waals surface area contributed by atoms with Crippen molar-refractivity contribution in [2.75, 3.05) is 24.9 Å². The third-order valence-electron chi connectivity index (χ3n) is 4.83. The fourth-order valence-corrected chi connectivity index (χ4v) is 3.18. The summed E-state index contributed by atoms with van der Waals surface area (Å²) in [5.74, 6) is 3.67. The van der Waals surface area contributed by atoms with Crippen molar-refractivity contribution in [2.24, 2.45) is 0 Å². The Hall–Kier alpha value is -3.85. The second-order valence-corrected chi connectivity index (χ2v) is 7.33. The molecular formula is C22H22ClN7O2. The van der Waals surface area contributed by atoms with E-state index in [9.17, 15) is 0 Å². The van der Waals surface area contributed by atoms with Crippen molar-refractivity contribution in [3.05, 3.63) is 65.1 Å². The summed E-state index contributed by atoms with van der Waals surface area (Å²) >= 11 is 5.98. The lowest BCUT2D eigenvalue weighted by Gasteiger charge is -2.12. The SMILES string of the molecule is COc1ccc(Nc2nccc(Nc3c(C)c(C)nn3-c3ccc(Cl)cn3)n2)cc1OC. The van der Waals surface area contributed by atoms with E-state index in [2.05, 4.69) is 30.7 Å². The third-order valence-corrected chi connectivity index (χ3v) is 5.05. The Balaban J connectivity index is 1.61. The van der Waals surface area contributed by atoms with Crippen LogP contribution in [0.5, 0.6) is 11.5 Å². The first-order valence-electron chi connectivity index (χ1n) is 9.75. The summed E-state index contributed by atoms with van der Waals surface area (Å²) in [5.41, 5.74) is 2.62. The van der Waals surface area contributed by atoms with Crippen LogP contribution in [0.3, 0.4) is 0 Å². The van der Waals surface area contributed by atoms with E-state index in [0.717, 1.165) is 22.8 Å². The van der Waals surface area contributed by atoms with Gasteiger partial charge in [-0.05, 0) is 44.2 Å². The first-order chi connectivity index (χ1) is 15.5. The fraction of sp³-hybridized carbons (Fsp3) is 0.182. The molecule has 0 fully saturated rings. The van der Waals surface area contributed by atoms with E-state index < -0.39 is 0 Å². The van der Waals surface area contributed by atoms with Crippen LogP contribution in [0.1, 0.15) is 11.3 Å². The van der Waals surface area contributed by atoms with Crippen molar-refractivity contribution in [3.63, 3.8) is 0 Å². The molecule has 0 amide bonds. The van der Waals surface area contributed by atoms with Crippen LogP contribution in [0.4, 0.5) is 23.3 Å². The summed E-state index contributed by atoms with van der Waals surface area (Å²) in [6.07, 6.45) is 3.25. The molecule has 0 radical (unpaired) electrons. The minimum Gasteiger partial charge on any atom is -0.493 e. The number of nitrogens with one attached hydrogen (secondary N) is 2. The Morgan fingerprint density at radius 2 is 1.75 bits per heavy atom. The molecule has 9 nitrogen and oxygen atoms in total. The molecule has 0 saturated carbocycles. The van der Waals surface area contributed by atoms with Gasteiger partial charge in [0, 0.05) is 29.7 Å². The summed E-state index contributed by atoms with van der Waals surface area (Å²) in [6, 6.07) is 10.9. The van der Waals surface area contributed by atoms with Gasteiger partial charge in [-0.25, -0.2) is 9.97 Å². The lowest BCUT2D eigenvalue weighted by Crippen LogP contribution is -2.07. The van der Waals surface area contributed by atoms with Crippen LogP contribution in [0, 0.1) is 13.8 Å². The maximum Gasteiger partial charge on any atom is 0.229 e. The third kappa shape index (κ3) is 4.42. The Morgan fingerprint density at radius 3 is 2.47 bits per heavy atom. The number of halogens is 1. The highest BCUT2D eigenvalue weighted by Gasteiger charge is 2.15. The Labute approximate surface area is 190 Å². The van der Waals surface area contributed by atoms with Crippen LogP contribution in [0.25, 0.3) is 5.82 Å². The van der Waals surface area contributed by atoms with Gasteiger partial charge in [0.1, 0.15) is 11.6 Å². The number of ether oxygens (including phenoxy) is 2. The number of rotatable bonds is 7. The highest BCUT2D eigenvalue weighted by Crippen LogP contribution is 2.31. The van der Waals surface area contributed by atoms with Crippen LogP contribution in [-0.4, -0.2) is 39.0 Å². The second kappa shape index (κ2) is 9.11. The van der Waals surface area contributed by atoms with Gasteiger partial charge in [-0.1, -0.05) is 11.6 Å². The largest absolute Gasteiger partial charge is 0.493 e. The van der Waals surface area contributed by atoms with Gasteiger partial charge in [0.05, 0.1) is 24.9 Å². The molecule has 32 heavy (non-hydrogen) atoms. The van der Waals surface area contributed by atoms with Crippen molar-refractivity contribution < 1.29 is 9.47 Å². The molecule has 0 atom stereocenters. The fourth-order valence-electron chi connectivity index (χ4n) is 3.06. The minimum absolute atomic E-state index is 0.423. The van der Waals surface area contributed by atoms with E-state index in [0.29, 0.717) is 34.1 Å². The molecule has 0 saturated heterocycles. The van der Waals surface area contributed by atoms with E-state index >= 15 is 0 Å². The van der Waals surface area contributed by atoms with Crippen molar-refractivity contribution >= 4 is 34.9 Å². The Kier molecular flexibility index (Phi) is 6.09. The highest BCUT2D eigenvalue weighted by atomic mass is 35.5. The van der Waals surface area contributed by atoms with Gasteiger partial charge in [0.25, 0.3) is 0 Å². The second-order valence-electron chi connectivity index (χ2n) is 6.89. The zero-order valence-electron chi connectivity index (χ0n) is 18.0. The molecule has 0 aliphatic rings. The van der Waals surface area contributed by atoms with Gasteiger partial charge >= 0.3 is 0 Å². The number of hydrogen-bond donors (Lipinski definition) is 2. The first-order valence-corrected chi connectivity index (χ1v) is 10.1. The van der Waals surface area contributed by atoms with Gasteiger partial charge < -0.3 is 20.1 Å². The number of benzene rings is 1. The lowest BCUT2D eigenvalue weighted by atomic mass is 10.2. The van der Waals surface area contributed by atoms with Gasteiger partial charge in [0.2, 0.25) is 5.95 Å². The standard InChI is InChI=1S/C22H22ClN7O2/c1-13-14(2)29-30(20-8-5-15(23)12-25-20)21(13)27-19-9-10-24-22(28-19)26-16-6-7-17(31-3)18(11-16)32-4/h5-12H,1-4H3,(H2,24,26,27,28). The summed E-state index contributed by atoms with van der Waals surface area (Å²) in [6.45, 7) is 3.93. The van der Waals surface area contributed by atoms with E-state index in [-0.39, 0.29) is 0 Å². The first kappa shape index (κ1) is 21.4. The van der Waals surface area contributed by atoms with Gasteiger partial charge in [-0.3, -0.25) is 0 Å². The summed E-state index contributed by atoms with van der Waals surface area (Å²) < 4.78 is 12.4. The normalized spacial score (nSPS) is 10.7. The van der Waals surface area contributed by atoms with Gasteiger partial charge in [-0.2, -0.15) is 14.8 Å². The molecule has 3 heterocycles. The van der Waals surface area contributed by atoms with Crippen LogP contribution in [-0.2, 0) is 0 Å². The van der Waals surface area contributed by atoms with Crippen molar-refractivity contribution in [2.45, 2.75) is 13.8 Å². The number of hydrogen-bond acceptors (Lipinski definition) is 8. The topological polar surface area (TPSA) is 99.0 Å².